The Kier molecular flexibility index (Phi) is 4.24. The van der Waals surface area contributed by atoms with E-state index in [1.165, 1.54) is 6.07 Å². The van der Waals surface area contributed by atoms with E-state index < -0.39 is 5.63 Å². The van der Waals surface area contributed by atoms with Gasteiger partial charge in [-0.15, -0.1) is 0 Å². The monoisotopic (exact) mass is 307 g/mol. The van der Waals surface area contributed by atoms with E-state index in [-0.39, 0.29) is 5.91 Å². The summed E-state index contributed by atoms with van der Waals surface area (Å²) in [5.41, 5.74) is 2.92. The topological polar surface area (TPSA) is 59.3 Å². The van der Waals surface area contributed by atoms with Crippen molar-refractivity contribution in [2.24, 2.45) is 0 Å². The molecule has 0 aliphatic heterocycles. The molecular weight excluding hydrogens is 290 g/mol. The van der Waals surface area contributed by atoms with Crippen LogP contribution in [0, 0.1) is 6.92 Å². The summed E-state index contributed by atoms with van der Waals surface area (Å²) < 4.78 is 5.19. The molecule has 2 aromatic carbocycles. The lowest BCUT2D eigenvalue weighted by atomic mass is 10.1. The maximum Gasteiger partial charge on any atom is 0.336 e. The van der Waals surface area contributed by atoms with Crippen molar-refractivity contribution < 1.29 is 9.21 Å². The third-order valence-corrected chi connectivity index (χ3v) is 3.67. The smallest absolute Gasteiger partial charge is 0.336 e. The highest BCUT2D eigenvalue weighted by atomic mass is 16.4. The van der Waals surface area contributed by atoms with Crippen LogP contribution >= 0.6 is 0 Å². The summed E-state index contributed by atoms with van der Waals surface area (Å²) in [4.78, 5) is 23.7. The molecule has 116 valence electrons. The van der Waals surface area contributed by atoms with Crippen LogP contribution in [0.3, 0.4) is 0 Å². The Morgan fingerprint density at radius 2 is 1.87 bits per heavy atom. The van der Waals surface area contributed by atoms with E-state index >= 15 is 0 Å². The van der Waals surface area contributed by atoms with E-state index in [1.807, 2.05) is 49.4 Å². The Labute approximate surface area is 133 Å². The zero-order chi connectivity index (χ0) is 16.2. The average Bonchev–Trinajstić information content (AvgIpc) is 2.54. The number of hydrogen-bond acceptors (Lipinski definition) is 3. The molecule has 1 heterocycles. The number of nitrogens with one attached hydrogen (secondary N) is 1. The van der Waals surface area contributed by atoms with Gasteiger partial charge in [0.15, 0.2) is 0 Å². The highest BCUT2D eigenvalue weighted by molar-refractivity contribution is 5.82. The van der Waals surface area contributed by atoms with Crippen molar-refractivity contribution in [1.29, 1.82) is 0 Å². The zero-order valence-electron chi connectivity index (χ0n) is 12.8. The van der Waals surface area contributed by atoms with Gasteiger partial charge in [0.2, 0.25) is 5.91 Å². The third kappa shape index (κ3) is 3.66. The highest BCUT2D eigenvalue weighted by Gasteiger charge is 2.08. The second-order valence-corrected chi connectivity index (χ2v) is 5.53. The van der Waals surface area contributed by atoms with Crippen molar-refractivity contribution in [3.05, 3.63) is 81.7 Å². The van der Waals surface area contributed by atoms with Crippen LogP contribution < -0.4 is 10.9 Å². The molecule has 0 unspecified atom stereocenters. The molecule has 0 saturated carbocycles. The van der Waals surface area contributed by atoms with E-state index in [4.69, 9.17) is 4.42 Å². The first-order valence-corrected chi connectivity index (χ1v) is 7.46. The SMILES string of the molecule is Cc1ccc2oc(=O)cc(CNC(=O)Cc3ccccc3)c2c1. The van der Waals surface area contributed by atoms with Crippen LogP contribution in [0.25, 0.3) is 11.0 Å². The van der Waals surface area contributed by atoms with E-state index in [9.17, 15) is 9.59 Å². The van der Waals surface area contributed by atoms with Gasteiger partial charge < -0.3 is 9.73 Å². The van der Waals surface area contributed by atoms with Crippen LogP contribution in [-0.2, 0) is 17.8 Å². The fourth-order valence-corrected chi connectivity index (χ4v) is 2.53. The lowest BCUT2D eigenvalue weighted by Crippen LogP contribution is -2.25. The Bertz CT molecular complexity index is 897. The van der Waals surface area contributed by atoms with E-state index in [0.29, 0.717) is 18.5 Å². The number of carbonyl (C=O) groups excluding carboxylic acids is 1. The molecule has 0 radical (unpaired) electrons. The summed E-state index contributed by atoms with van der Waals surface area (Å²) in [6.07, 6.45) is 0.319. The van der Waals surface area contributed by atoms with Crippen LogP contribution in [0.5, 0.6) is 0 Å². The summed E-state index contributed by atoms with van der Waals surface area (Å²) >= 11 is 0. The predicted molar refractivity (Wildman–Crippen MR) is 89.2 cm³/mol. The summed E-state index contributed by atoms with van der Waals surface area (Å²) in [5.74, 6) is -0.0785. The average molecular weight is 307 g/mol. The standard InChI is InChI=1S/C19H17NO3/c1-13-7-8-17-16(9-13)15(11-19(22)23-17)12-20-18(21)10-14-5-3-2-4-6-14/h2-9,11H,10,12H2,1H3,(H,20,21). The minimum absolute atomic E-state index is 0.0785. The van der Waals surface area contributed by atoms with Gasteiger partial charge in [-0.3, -0.25) is 4.79 Å². The molecule has 0 spiro atoms. The van der Waals surface area contributed by atoms with Gasteiger partial charge in [0.1, 0.15) is 5.58 Å². The highest BCUT2D eigenvalue weighted by Crippen LogP contribution is 2.18. The summed E-state index contributed by atoms with van der Waals surface area (Å²) in [6.45, 7) is 2.28. The Morgan fingerprint density at radius 3 is 2.65 bits per heavy atom. The molecule has 0 saturated heterocycles. The van der Waals surface area contributed by atoms with Gasteiger partial charge in [-0.2, -0.15) is 0 Å². The van der Waals surface area contributed by atoms with Gasteiger partial charge in [-0.1, -0.05) is 42.0 Å². The molecule has 0 fully saturated rings. The van der Waals surface area contributed by atoms with Gasteiger partial charge in [0, 0.05) is 18.0 Å². The third-order valence-electron chi connectivity index (χ3n) is 3.67. The fraction of sp³-hybridized carbons (Fsp3) is 0.158. The molecule has 4 heteroatoms. The quantitative estimate of drug-likeness (QED) is 0.754. The predicted octanol–water partition coefficient (Wildman–Crippen LogP) is 2.96. The first-order valence-electron chi connectivity index (χ1n) is 7.46. The Morgan fingerprint density at radius 1 is 1.09 bits per heavy atom. The lowest BCUT2D eigenvalue weighted by molar-refractivity contribution is -0.120. The molecule has 0 aliphatic rings. The van der Waals surface area contributed by atoms with Crippen LogP contribution in [0.1, 0.15) is 16.7 Å². The van der Waals surface area contributed by atoms with Crippen LogP contribution in [-0.4, -0.2) is 5.91 Å². The van der Waals surface area contributed by atoms with Gasteiger partial charge in [-0.05, 0) is 30.2 Å². The molecule has 3 aromatic rings. The summed E-state index contributed by atoms with van der Waals surface area (Å²) in [7, 11) is 0. The molecular formula is C19H17NO3. The zero-order valence-corrected chi connectivity index (χ0v) is 12.8. The normalized spacial score (nSPS) is 10.7. The van der Waals surface area contributed by atoms with E-state index in [0.717, 1.165) is 22.1 Å². The van der Waals surface area contributed by atoms with Crippen molar-refractivity contribution in [1.82, 2.24) is 5.32 Å². The second-order valence-electron chi connectivity index (χ2n) is 5.53. The lowest BCUT2D eigenvalue weighted by Gasteiger charge is -2.08. The Balaban J connectivity index is 1.77. The summed E-state index contributed by atoms with van der Waals surface area (Å²) in [6, 6.07) is 16.6. The first kappa shape index (κ1) is 15.0. The Hall–Kier alpha value is -2.88. The van der Waals surface area contributed by atoms with Crippen molar-refractivity contribution in [2.45, 2.75) is 19.9 Å². The van der Waals surface area contributed by atoms with Gasteiger partial charge >= 0.3 is 5.63 Å². The van der Waals surface area contributed by atoms with Gasteiger partial charge in [0.25, 0.3) is 0 Å². The largest absolute Gasteiger partial charge is 0.423 e. The molecule has 0 atom stereocenters. The maximum absolute atomic E-state index is 12.1. The minimum Gasteiger partial charge on any atom is -0.423 e. The molecule has 0 aliphatic carbocycles. The number of rotatable bonds is 4. The molecule has 23 heavy (non-hydrogen) atoms. The minimum atomic E-state index is -0.409. The number of hydrogen-bond donors (Lipinski definition) is 1. The van der Waals surface area contributed by atoms with Crippen LogP contribution in [0.4, 0.5) is 0 Å². The fourth-order valence-electron chi connectivity index (χ4n) is 2.53. The van der Waals surface area contributed by atoms with E-state index in [2.05, 4.69) is 5.32 Å². The second kappa shape index (κ2) is 6.48. The number of amides is 1. The number of carbonyl (C=O) groups is 1. The molecule has 4 nitrogen and oxygen atoms in total. The number of aryl methyl sites for hydroxylation is 1. The molecule has 1 N–H and O–H groups in total. The van der Waals surface area contributed by atoms with Crippen LogP contribution in [0.2, 0.25) is 0 Å². The number of benzene rings is 2. The molecule has 3 rings (SSSR count). The maximum atomic E-state index is 12.1. The van der Waals surface area contributed by atoms with Crippen molar-refractivity contribution >= 4 is 16.9 Å². The van der Waals surface area contributed by atoms with Gasteiger partial charge in [-0.25, -0.2) is 4.79 Å². The summed E-state index contributed by atoms with van der Waals surface area (Å²) in [5, 5.41) is 3.72. The van der Waals surface area contributed by atoms with Gasteiger partial charge in [0.05, 0.1) is 6.42 Å². The van der Waals surface area contributed by atoms with Crippen molar-refractivity contribution in [2.75, 3.05) is 0 Å². The van der Waals surface area contributed by atoms with E-state index in [1.54, 1.807) is 6.07 Å². The first-order chi connectivity index (χ1) is 11.1. The molecule has 0 bridgehead atoms. The van der Waals surface area contributed by atoms with Crippen LogP contribution in [0.15, 0.2) is 63.8 Å². The van der Waals surface area contributed by atoms with Crippen molar-refractivity contribution in [3.8, 4) is 0 Å². The number of fused-ring (bicyclic) bond motifs is 1. The molecule has 1 aromatic heterocycles. The molecule has 1 amide bonds. The van der Waals surface area contributed by atoms with Crippen molar-refractivity contribution in [3.63, 3.8) is 0 Å².